The summed E-state index contributed by atoms with van der Waals surface area (Å²) in [6, 6.07) is 7.58. The minimum atomic E-state index is -0.416. The molecule has 1 aromatic rings. The third-order valence-electron chi connectivity index (χ3n) is 4.96. The minimum Gasteiger partial charge on any atom is -0.356 e. The molecule has 1 aromatic carbocycles. The van der Waals surface area contributed by atoms with Gasteiger partial charge in [-0.15, -0.1) is 0 Å². The van der Waals surface area contributed by atoms with Gasteiger partial charge in [0.05, 0.1) is 0 Å². The largest absolute Gasteiger partial charge is 0.356 e. The summed E-state index contributed by atoms with van der Waals surface area (Å²) in [7, 11) is 0. The molecule has 0 unspecified atom stereocenters. The summed E-state index contributed by atoms with van der Waals surface area (Å²) in [5.41, 5.74) is 1.30. The predicted octanol–water partition coefficient (Wildman–Crippen LogP) is 3.37. The molecule has 6 heteroatoms. The van der Waals surface area contributed by atoms with Gasteiger partial charge in [-0.3, -0.25) is 14.4 Å². The Kier molecular flexibility index (Phi) is 8.03. The lowest BCUT2D eigenvalue weighted by Gasteiger charge is -2.17. The van der Waals surface area contributed by atoms with Gasteiger partial charge in [0.25, 0.3) is 0 Å². The van der Waals surface area contributed by atoms with Crippen LogP contribution in [0.15, 0.2) is 24.3 Å². The standard InChI is InChI=1S/C22H33N3O3/c1-22(2,3)21(28)23-13-7-12-19(26)24-15-16-8-6-11-18(14-16)25-20(27)17-9-4-5-10-17/h6,8,11,14,17H,4-5,7,9-10,12-13,15H2,1-3H3,(H,23,28)(H,24,26)(H,25,27). The summed E-state index contributed by atoms with van der Waals surface area (Å²) < 4.78 is 0. The first-order valence-electron chi connectivity index (χ1n) is 10.2. The van der Waals surface area contributed by atoms with E-state index in [-0.39, 0.29) is 23.6 Å². The fourth-order valence-corrected chi connectivity index (χ4v) is 3.20. The average Bonchev–Trinajstić information content (AvgIpc) is 3.18. The molecule has 0 aliphatic heterocycles. The maximum absolute atomic E-state index is 12.2. The van der Waals surface area contributed by atoms with Crippen LogP contribution in [-0.2, 0) is 20.9 Å². The second-order valence-corrected chi connectivity index (χ2v) is 8.56. The van der Waals surface area contributed by atoms with Crippen molar-refractivity contribution in [2.45, 2.75) is 65.8 Å². The Bertz CT molecular complexity index is 689. The monoisotopic (exact) mass is 387 g/mol. The second kappa shape index (κ2) is 10.2. The Morgan fingerprint density at radius 2 is 1.79 bits per heavy atom. The highest BCUT2D eigenvalue weighted by atomic mass is 16.2. The number of hydrogen-bond acceptors (Lipinski definition) is 3. The molecule has 0 saturated heterocycles. The molecular weight excluding hydrogens is 354 g/mol. The van der Waals surface area contributed by atoms with Gasteiger partial charge >= 0.3 is 0 Å². The number of carbonyl (C=O) groups is 3. The van der Waals surface area contributed by atoms with E-state index >= 15 is 0 Å². The number of rotatable bonds is 8. The Balaban J connectivity index is 1.69. The molecule has 1 aliphatic carbocycles. The fourth-order valence-electron chi connectivity index (χ4n) is 3.20. The van der Waals surface area contributed by atoms with E-state index in [2.05, 4.69) is 16.0 Å². The van der Waals surface area contributed by atoms with Crippen LogP contribution in [0.5, 0.6) is 0 Å². The van der Waals surface area contributed by atoms with Crippen molar-refractivity contribution in [1.82, 2.24) is 10.6 Å². The quantitative estimate of drug-likeness (QED) is 0.598. The van der Waals surface area contributed by atoms with Crippen LogP contribution in [0.3, 0.4) is 0 Å². The van der Waals surface area contributed by atoms with Crippen molar-refractivity contribution in [2.24, 2.45) is 11.3 Å². The van der Waals surface area contributed by atoms with Crippen LogP contribution in [0.2, 0.25) is 0 Å². The zero-order chi connectivity index (χ0) is 20.6. The van der Waals surface area contributed by atoms with Gasteiger partial charge in [-0.2, -0.15) is 0 Å². The van der Waals surface area contributed by atoms with Crippen LogP contribution in [0.1, 0.15) is 64.9 Å². The molecule has 154 valence electrons. The summed E-state index contributed by atoms with van der Waals surface area (Å²) in [5, 5.41) is 8.71. The number of carbonyl (C=O) groups excluding carboxylic acids is 3. The number of anilines is 1. The molecule has 0 atom stereocenters. The van der Waals surface area contributed by atoms with Crippen molar-refractivity contribution < 1.29 is 14.4 Å². The Morgan fingerprint density at radius 1 is 1.07 bits per heavy atom. The van der Waals surface area contributed by atoms with Crippen molar-refractivity contribution in [3.05, 3.63) is 29.8 Å². The summed E-state index contributed by atoms with van der Waals surface area (Å²) >= 11 is 0. The van der Waals surface area contributed by atoms with Crippen LogP contribution >= 0.6 is 0 Å². The molecule has 3 N–H and O–H groups in total. The lowest BCUT2D eigenvalue weighted by Crippen LogP contribution is -2.35. The van der Waals surface area contributed by atoms with Gasteiger partial charge in [-0.25, -0.2) is 0 Å². The smallest absolute Gasteiger partial charge is 0.227 e. The highest BCUT2D eigenvalue weighted by Crippen LogP contribution is 2.26. The van der Waals surface area contributed by atoms with E-state index in [0.29, 0.717) is 25.9 Å². The first-order valence-corrected chi connectivity index (χ1v) is 10.2. The van der Waals surface area contributed by atoms with Crippen LogP contribution in [0.4, 0.5) is 5.69 Å². The Labute approximate surface area is 167 Å². The van der Waals surface area contributed by atoms with E-state index in [1.54, 1.807) is 0 Å². The van der Waals surface area contributed by atoms with Gasteiger partial charge in [-0.05, 0) is 37.0 Å². The van der Waals surface area contributed by atoms with Crippen molar-refractivity contribution in [3.63, 3.8) is 0 Å². The normalized spacial score (nSPS) is 14.5. The highest BCUT2D eigenvalue weighted by molar-refractivity contribution is 5.92. The van der Waals surface area contributed by atoms with Crippen molar-refractivity contribution in [2.75, 3.05) is 11.9 Å². The molecular formula is C22H33N3O3. The highest BCUT2D eigenvalue weighted by Gasteiger charge is 2.22. The maximum Gasteiger partial charge on any atom is 0.227 e. The first kappa shape index (κ1) is 21.9. The Morgan fingerprint density at radius 3 is 2.46 bits per heavy atom. The molecule has 1 saturated carbocycles. The molecule has 28 heavy (non-hydrogen) atoms. The lowest BCUT2D eigenvalue weighted by molar-refractivity contribution is -0.128. The van der Waals surface area contributed by atoms with Crippen LogP contribution in [0.25, 0.3) is 0 Å². The molecule has 2 rings (SSSR count). The Hall–Kier alpha value is -2.37. The molecule has 0 spiro atoms. The predicted molar refractivity (Wildman–Crippen MR) is 111 cm³/mol. The zero-order valence-corrected chi connectivity index (χ0v) is 17.3. The fraction of sp³-hybridized carbons (Fsp3) is 0.591. The van der Waals surface area contributed by atoms with Crippen molar-refractivity contribution in [1.29, 1.82) is 0 Å². The van der Waals surface area contributed by atoms with Gasteiger partial charge in [0.1, 0.15) is 0 Å². The van der Waals surface area contributed by atoms with Gasteiger partial charge in [0.2, 0.25) is 17.7 Å². The molecule has 0 heterocycles. The third kappa shape index (κ3) is 7.33. The van der Waals surface area contributed by atoms with Crippen molar-refractivity contribution >= 4 is 23.4 Å². The second-order valence-electron chi connectivity index (χ2n) is 8.56. The molecule has 1 aliphatic rings. The molecule has 0 aromatic heterocycles. The third-order valence-corrected chi connectivity index (χ3v) is 4.96. The van der Waals surface area contributed by atoms with E-state index in [1.807, 2.05) is 45.0 Å². The molecule has 1 fully saturated rings. The minimum absolute atomic E-state index is 0.00984. The van der Waals surface area contributed by atoms with Crippen molar-refractivity contribution in [3.8, 4) is 0 Å². The summed E-state index contributed by atoms with van der Waals surface area (Å²) in [6.45, 7) is 6.49. The lowest BCUT2D eigenvalue weighted by atomic mass is 9.96. The van der Waals surface area contributed by atoms with E-state index in [9.17, 15) is 14.4 Å². The average molecular weight is 388 g/mol. The SMILES string of the molecule is CC(C)(C)C(=O)NCCCC(=O)NCc1cccc(NC(=O)C2CCCC2)c1. The van der Waals surface area contributed by atoms with E-state index in [0.717, 1.165) is 36.9 Å². The van der Waals surface area contributed by atoms with Crippen LogP contribution in [0, 0.1) is 11.3 Å². The van der Waals surface area contributed by atoms with Gasteiger partial charge < -0.3 is 16.0 Å². The number of amides is 3. The van der Waals surface area contributed by atoms with Gasteiger partial charge in [0, 0.05) is 36.5 Å². The van der Waals surface area contributed by atoms with Gasteiger partial charge in [0.15, 0.2) is 0 Å². The van der Waals surface area contributed by atoms with E-state index < -0.39 is 5.41 Å². The molecule has 0 radical (unpaired) electrons. The number of nitrogens with one attached hydrogen (secondary N) is 3. The molecule has 0 bridgehead atoms. The number of hydrogen-bond donors (Lipinski definition) is 3. The summed E-state index contributed by atoms with van der Waals surface area (Å²) in [5.74, 6) is 0.160. The zero-order valence-electron chi connectivity index (χ0n) is 17.3. The van der Waals surface area contributed by atoms with E-state index in [1.165, 1.54) is 0 Å². The maximum atomic E-state index is 12.2. The number of benzene rings is 1. The first-order chi connectivity index (χ1) is 13.3. The van der Waals surface area contributed by atoms with E-state index in [4.69, 9.17) is 0 Å². The molecule has 6 nitrogen and oxygen atoms in total. The topological polar surface area (TPSA) is 87.3 Å². The van der Waals surface area contributed by atoms with Crippen LogP contribution < -0.4 is 16.0 Å². The summed E-state index contributed by atoms with van der Waals surface area (Å²) in [4.78, 5) is 36.0. The summed E-state index contributed by atoms with van der Waals surface area (Å²) in [6.07, 6.45) is 5.16. The molecule has 3 amide bonds. The van der Waals surface area contributed by atoms with Gasteiger partial charge in [-0.1, -0.05) is 45.7 Å². The van der Waals surface area contributed by atoms with Crippen LogP contribution in [-0.4, -0.2) is 24.3 Å².